The van der Waals surface area contributed by atoms with Crippen molar-refractivity contribution < 1.29 is 8.78 Å². The molecule has 1 fully saturated rings. The molecular weight excluding hydrogens is 224 g/mol. The van der Waals surface area contributed by atoms with E-state index in [2.05, 4.69) is 10.2 Å². The van der Waals surface area contributed by atoms with Gasteiger partial charge < -0.3 is 5.73 Å². The number of hydrogen-bond donors (Lipinski definition) is 1. The van der Waals surface area contributed by atoms with Crippen LogP contribution in [0.5, 0.6) is 0 Å². The van der Waals surface area contributed by atoms with Gasteiger partial charge in [-0.25, -0.2) is 8.78 Å². The Balaban J connectivity index is 2.60. The second-order valence-corrected chi connectivity index (χ2v) is 4.29. The summed E-state index contributed by atoms with van der Waals surface area (Å²) < 4.78 is 26.3. The number of hydrogen-bond acceptors (Lipinski definition) is 3. The summed E-state index contributed by atoms with van der Waals surface area (Å²) in [7, 11) is 0. The highest BCUT2D eigenvalue weighted by molar-refractivity contribution is 6.30. The third-order valence-corrected chi connectivity index (χ3v) is 3.15. The van der Waals surface area contributed by atoms with Crippen LogP contribution in [0.2, 0.25) is 5.15 Å². The van der Waals surface area contributed by atoms with Crippen LogP contribution in [0.3, 0.4) is 0 Å². The maximum absolute atomic E-state index is 13.1. The van der Waals surface area contributed by atoms with Crippen LogP contribution >= 0.6 is 11.6 Å². The molecule has 1 aliphatic rings. The Morgan fingerprint density at radius 3 is 2.33 bits per heavy atom. The van der Waals surface area contributed by atoms with Gasteiger partial charge in [0.25, 0.3) is 5.92 Å². The average Bonchev–Trinajstić information content (AvgIpc) is 2.60. The highest BCUT2D eigenvalue weighted by Crippen LogP contribution is 2.59. The van der Waals surface area contributed by atoms with E-state index in [-0.39, 0.29) is 17.1 Å². The number of aromatic nitrogens is 2. The lowest BCUT2D eigenvalue weighted by Crippen LogP contribution is -2.29. The molecule has 0 radical (unpaired) electrons. The number of nitrogens with zero attached hydrogens (tertiary/aromatic N) is 2. The molecule has 1 heterocycles. The van der Waals surface area contributed by atoms with Crippen molar-refractivity contribution in [1.29, 1.82) is 0 Å². The van der Waals surface area contributed by atoms with Gasteiger partial charge in [0, 0.05) is 12.0 Å². The molecule has 1 aromatic heterocycles. The SMILES string of the molecule is Cc1nnc(Cl)c(C2(N)CC2(F)F)c1C. The van der Waals surface area contributed by atoms with Crippen LogP contribution in [0.15, 0.2) is 0 Å². The zero-order chi connectivity index (χ0) is 11.4. The van der Waals surface area contributed by atoms with Crippen molar-refractivity contribution in [3.8, 4) is 0 Å². The largest absolute Gasteiger partial charge is 0.316 e. The standard InChI is InChI=1S/C9H10ClF2N3/c1-4-5(2)14-15-7(10)6(4)8(13)3-9(8,11)12/h3,13H2,1-2H3. The molecule has 0 saturated heterocycles. The van der Waals surface area contributed by atoms with E-state index in [9.17, 15) is 8.78 Å². The average molecular weight is 234 g/mol. The smallest absolute Gasteiger partial charge is 0.272 e. The molecule has 0 amide bonds. The molecule has 1 unspecified atom stereocenters. The molecule has 6 heteroatoms. The molecule has 15 heavy (non-hydrogen) atoms. The van der Waals surface area contributed by atoms with Crippen molar-refractivity contribution in [1.82, 2.24) is 10.2 Å². The molecular formula is C9H10ClF2N3. The van der Waals surface area contributed by atoms with E-state index in [0.29, 0.717) is 11.3 Å². The number of rotatable bonds is 1. The third kappa shape index (κ3) is 1.33. The molecule has 1 atom stereocenters. The second kappa shape index (κ2) is 2.86. The number of alkyl halides is 2. The molecule has 0 aliphatic heterocycles. The summed E-state index contributed by atoms with van der Waals surface area (Å²) in [5.41, 5.74) is 5.34. The zero-order valence-electron chi connectivity index (χ0n) is 8.31. The van der Waals surface area contributed by atoms with Crippen molar-refractivity contribution in [3.63, 3.8) is 0 Å². The highest BCUT2D eigenvalue weighted by atomic mass is 35.5. The van der Waals surface area contributed by atoms with E-state index in [4.69, 9.17) is 17.3 Å². The predicted octanol–water partition coefficient (Wildman–Crippen LogP) is 1.94. The van der Waals surface area contributed by atoms with Gasteiger partial charge in [0.05, 0.1) is 5.69 Å². The van der Waals surface area contributed by atoms with Crippen LogP contribution in [0, 0.1) is 13.8 Å². The first-order valence-corrected chi connectivity index (χ1v) is 4.84. The van der Waals surface area contributed by atoms with E-state index < -0.39 is 11.5 Å². The summed E-state index contributed by atoms with van der Waals surface area (Å²) >= 11 is 5.77. The molecule has 1 aliphatic carbocycles. The number of aryl methyl sites for hydroxylation is 1. The Labute approximate surface area is 90.6 Å². The Bertz CT molecular complexity index is 436. The van der Waals surface area contributed by atoms with Gasteiger partial charge in [0.2, 0.25) is 0 Å². The van der Waals surface area contributed by atoms with E-state index >= 15 is 0 Å². The first-order chi connectivity index (χ1) is 6.79. The molecule has 2 N–H and O–H groups in total. The summed E-state index contributed by atoms with van der Waals surface area (Å²) in [5, 5.41) is 7.33. The minimum Gasteiger partial charge on any atom is -0.316 e. The Morgan fingerprint density at radius 1 is 1.33 bits per heavy atom. The fourth-order valence-corrected chi connectivity index (χ4v) is 2.02. The zero-order valence-corrected chi connectivity index (χ0v) is 9.07. The lowest BCUT2D eigenvalue weighted by molar-refractivity contribution is 0.0888. The Morgan fingerprint density at radius 2 is 1.87 bits per heavy atom. The Hall–Kier alpha value is -0.810. The van der Waals surface area contributed by atoms with Gasteiger partial charge in [-0.2, -0.15) is 5.10 Å². The lowest BCUT2D eigenvalue weighted by atomic mass is 10.0. The monoisotopic (exact) mass is 233 g/mol. The fourth-order valence-electron chi connectivity index (χ4n) is 1.68. The van der Waals surface area contributed by atoms with E-state index in [1.807, 2.05) is 0 Å². The molecule has 0 aromatic carbocycles. The first-order valence-electron chi connectivity index (χ1n) is 4.46. The molecule has 2 rings (SSSR count). The number of nitrogens with two attached hydrogens (primary N) is 1. The molecule has 0 spiro atoms. The van der Waals surface area contributed by atoms with Crippen molar-refractivity contribution in [2.24, 2.45) is 5.73 Å². The van der Waals surface area contributed by atoms with Crippen LogP contribution in [-0.2, 0) is 5.54 Å². The summed E-state index contributed by atoms with van der Waals surface area (Å²) in [6, 6.07) is 0. The van der Waals surface area contributed by atoms with Crippen LogP contribution < -0.4 is 5.73 Å². The minimum atomic E-state index is -2.89. The summed E-state index contributed by atoms with van der Waals surface area (Å²) in [5.74, 6) is -2.89. The van der Waals surface area contributed by atoms with Crippen LogP contribution in [-0.4, -0.2) is 16.1 Å². The van der Waals surface area contributed by atoms with Gasteiger partial charge in [-0.05, 0) is 19.4 Å². The van der Waals surface area contributed by atoms with E-state index in [0.717, 1.165) is 0 Å². The van der Waals surface area contributed by atoms with E-state index in [1.165, 1.54) is 0 Å². The van der Waals surface area contributed by atoms with Crippen molar-refractivity contribution in [2.45, 2.75) is 31.7 Å². The molecule has 3 nitrogen and oxygen atoms in total. The molecule has 1 saturated carbocycles. The third-order valence-electron chi connectivity index (χ3n) is 2.89. The van der Waals surface area contributed by atoms with Crippen molar-refractivity contribution >= 4 is 11.6 Å². The van der Waals surface area contributed by atoms with Gasteiger partial charge in [-0.15, -0.1) is 5.10 Å². The van der Waals surface area contributed by atoms with Crippen molar-refractivity contribution in [2.75, 3.05) is 0 Å². The van der Waals surface area contributed by atoms with Gasteiger partial charge in [0.1, 0.15) is 5.54 Å². The fraction of sp³-hybridized carbons (Fsp3) is 0.556. The second-order valence-electron chi connectivity index (χ2n) is 3.93. The maximum atomic E-state index is 13.1. The quantitative estimate of drug-likeness (QED) is 0.807. The summed E-state index contributed by atoms with van der Waals surface area (Å²) in [6.07, 6.45) is -0.383. The molecule has 0 bridgehead atoms. The lowest BCUT2D eigenvalue weighted by Gasteiger charge is -2.15. The van der Waals surface area contributed by atoms with Crippen LogP contribution in [0.25, 0.3) is 0 Å². The van der Waals surface area contributed by atoms with Crippen LogP contribution in [0.1, 0.15) is 23.2 Å². The topological polar surface area (TPSA) is 51.8 Å². The van der Waals surface area contributed by atoms with Gasteiger partial charge in [-0.1, -0.05) is 11.6 Å². The molecule has 1 aromatic rings. The first kappa shape index (κ1) is 10.7. The Kier molecular flexibility index (Phi) is 2.04. The normalized spacial score (nSPS) is 27.9. The minimum absolute atomic E-state index is 0.0298. The van der Waals surface area contributed by atoms with Gasteiger partial charge in [-0.3, -0.25) is 0 Å². The summed E-state index contributed by atoms with van der Waals surface area (Å²) in [4.78, 5) is 0. The van der Waals surface area contributed by atoms with Crippen LogP contribution in [0.4, 0.5) is 8.78 Å². The highest BCUT2D eigenvalue weighted by Gasteiger charge is 2.71. The maximum Gasteiger partial charge on any atom is 0.272 e. The molecule has 82 valence electrons. The summed E-state index contributed by atoms with van der Waals surface area (Å²) in [6.45, 7) is 3.36. The van der Waals surface area contributed by atoms with Gasteiger partial charge in [0.15, 0.2) is 5.15 Å². The van der Waals surface area contributed by atoms with Crippen molar-refractivity contribution in [3.05, 3.63) is 22.0 Å². The van der Waals surface area contributed by atoms with E-state index in [1.54, 1.807) is 13.8 Å². The number of halogens is 3. The predicted molar refractivity (Wildman–Crippen MR) is 51.9 cm³/mol. The van der Waals surface area contributed by atoms with Gasteiger partial charge >= 0.3 is 0 Å².